The fraction of sp³-hybridized carbons (Fsp3) is 0.300. The van der Waals surface area contributed by atoms with Crippen molar-refractivity contribution in [2.45, 2.75) is 17.3 Å². The monoisotopic (exact) mass is 271 g/mol. The fourth-order valence-corrected chi connectivity index (χ4v) is 2.23. The second-order valence-electron chi connectivity index (χ2n) is 3.50. The molecular weight excluding hydrogens is 258 g/mol. The molecule has 0 aliphatic carbocycles. The highest BCUT2D eigenvalue weighted by atomic mass is 35.5. The number of nitrogens with two attached hydrogens (primary N) is 1. The molecule has 2 aromatic heterocycles. The number of thioether (sulfide) groups is 1. The van der Waals surface area contributed by atoms with Gasteiger partial charge in [0.05, 0.1) is 0 Å². The smallest absolute Gasteiger partial charge is 0.191 e. The quantitative estimate of drug-likeness (QED) is 0.866. The molecule has 0 radical (unpaired) electrons. The summed E-state index contributed by atoms with van der Waals surface area (Å²) < 4.78 is 1.89. The number of hydrogen-bond donors (Lipinski definition) is 1. The van der Waals surface area contributed by atoms with Crippen molar-refractivity contribution in [2.24, 2.45) is 7.05 Å². The van der Waals surface area contributed by atoms with Crippen LogP contribution in [0.4, 0.5) is 5.82 Å². The van der Waals surface area contributed by atoms with Gasteiger partial charge in [0, 0.05) is 18.5 Å². The Balaban J connectivity index is 0.00000144. The van der Waals surface area contributed by atoms with Crippen LogP contribution < -0.4 is 5.73 Å². The Labute approximate surface area is 110 Å². The summed E-state index contributed by atoms with van der Waals surface area (Å²) in [5.74, 6) is 0.544. The van der Waals surface area contributed by atoms with E-state index in [9.17, 15) is 0 Å². The predicted octanol–water partition coefficient (Wildman–Crippen LogP) is 2.07. The minimum absolute atomic E-state index is 0. The van der Waals surface area contributed by atoms with Crippen LogP contribution >= 0.6 is 24.2 Å². The van der Waals surface area contributed by atoms with Crippen molar-refractivity contribution in [3.8, 4) is 0 Å². The molecule has 0 aliphatic rings. The third-order valence-electron chi connectivity index (χ3n) is 2.23. The van der Waals surface area contributed by atoms with Crippen LogP contribution in [0.2, 0.25) is 0 Å². The van der Waals surface area contributed by atoms with Gasteiger partial charge in [0.1, 0.15) is 12.1 Å². The van der Waals surface area contributed by atoms with Gasteiger partial charge in [-0.2, -0.15) is 0 Å². The summed E-state index contributed by atoms with van der Waals surface area (Å²) in [4.78, 5) is 3.97. The van der Waals surface area contributed by atoms with E-state index in [1.54, 1.807) is 24.3 Å². The second kappa shape index (κ2) is 5.88. The van der Waals surface area contributed by atoms with Gasteiger partial charge >= 0.3 is 0 Å². The van der Waals surface area contributed by atoms with E-state index in [0.717, 1.165) is 10.7 Å². The van der Waals surface area contributed by atoms with E-state index in [2.05, 4.69) is 22.1 Å². The van der Waals surface area contributed by atoms with Gasteiger partial charge < -0.3 is 10.3 Å². The van der Waals surface area contributed by atoms with Crippen LogP contribution in [0.1, 0.15) is 17.7 Å². The van der Waals surface area contributed by atoms with Crippen molar-refractivity contribution in [1.82, 2.24) is 19.7 Å². The lowest BCUT2D eigenvalue weighted by Crippen LogP contribution is -1.96. The molecule has 0 saturated heterocycles. The number of nitrogens with zero attached hydrogens (tertiary/aromatic N) is 4. The predicted molar refractivity (Wildman–Crippen MR) is 71.2 cm³/mol. The molecular formula is C10H14ClN5S. The van der Waals surface area contributed by atoms with Crippen LogP contribution in [-0.2, 0) is 7.05 Å². The Morgan fingerprint density at radius 3 is 2.82 bits per heavy atom. The second-order valence-corrected chi connectivity index (χ2v) is 4.81. The minimum Gasteiger partial charge on any atom is -0.384 e. The van der Waals surface area contributed by atoms with Gasteiger partial charge in [0.2, 0.25) is 0 Å². The summed E-state index contributed by atoms with van der Waals surface area (Å²) in [5, 5.41) is 9.04. The average molecular weight is 272 g/mol. The van der Waals surface area contributed by atoms with Crippen LogP contribution in [0.3, 0.4) is 0 Å². The first kappa shape index (κ1) is 13.8. The molecule has 1 unspecified atom stereocenters. The van der Waals surface area contributed by atoms with Crippen LogP contribution in [0.15, 0.2) is 29.8 Å². The molecule has 17 heavy (non-hydrogen) atoms. The maximum absolute atomic E-state index is 5.65. The van der Waals surface area contributed by atoms with Gasteiger partial charge in [0.25, 0.3) is 0 Å². The molecule has 2 rings (SSSR count). The zero-order valence-electron chi connectivity index (χ0n) is 9.57. The van der Waals surface area contributed by atoms with E-state index in [4.69, 9.17) is 5.73 Å². The summed E-state index contributed by atoms with van der Waals surface area (Å²) in [6.07, 6.45) is 3.41. The average Bonchev–Trinajstić information content (AvgIpc) is 2.64. The van der Waals surface area contributed by atoms with Crippen molar-refractivity contribution >= 4 is 30.0 Å². The summed E-state index contributed by atoms with van der Waals surface area (Å²) in [5.41, 5.74) is 6.79. The first-order valence-corrected chi connectivity index (χ1v) is 5.77. The van der Waals surface area contributed by atoms with Crippen molar-refractivity contribution in [1.29, 1.82) is 0 Å². The fourth-order valence-electron chi connectivity index (χ4n) is 1.32. The lowest BCUT2D eigenvalue weighted by Gasteiger charge is -2.10. The Kier molecular flexibility index (Phi) is 4.77. The molecule has 2 N–H and O–H groups in total. The minimum atomic E-state index is 0. The molecule has 0 aliphatic heterocycles. The molecule has 1 atom stereocenters. The van der Waals surface area contributed by atoms with E-state index in [-0.39, 0.29) is 17.7 Å². The number of aromatic nitrogens is 4. The topological polar surface area (TPSA) is 69.6 Å². The number of halogens is 1. The lowest BCUT2D eigenvalue weighted by molar-refractivity contribution is 0.785. The number of pyridine rings is 1. The summed E-state index contributed by atoms with van der Waals surface area (Å²) in [6, 6.07) is 3.85. The highest BCUT2D eigenvalue weighted by Crippen LogP contribution is 2.33. The molecule has 0 aromatic carbocycles. The molecule has 2 aromatic rings. The molecule has 2 heterocycles. The standard InChI is InChI=1S/C10H13N5S.ClH/c1-7(8-3-4-12-9(11)5-8)16-10-14-13-6-15(10)2;/h3-7H,1-2H3,(H2,11,12);1H. The van der Waals surface area contributed by atoms with E-state index in [1.807, 2.05) is 23.7 Å². The lowest BCUT2D eigenvalue weighted by atomic mass is 10.2. The van der Waals surface area contributed by atoms with Crippen molar-refractivity contribution in [3.63, 3.8) is 0 Å². The van der Waals surface area contributed by atoms with Gasteiger partial charge in [-0.3, -0.25) is 0 Å². The number of rotatable bonds is 3. The van der Waals surface area contributed by atoms with Crippen LogP contribution in [0, 0.1) is 0 Å². The van der Waals surface area contributed by atoms with E-state index < -0.39 is 0 Å². The first-order chi connectivity index (χ1) is 7.66. The van der Waals surface area contributed by atoms with Crippen LogP contribution in [0.25, 0.3) is 0 Å². The number of hydrogen-bond acceptors (Lipinski definition) is 5. The van der Waals surface area contributed by atoms with E-state index in [1.165, 1.54) is 0 Å². The Bertz CT molecular complexity index is 487. The van der Waals surface area contributed by atoms with Crippen molar-refractivity contribution < 1.29 is 0 Å². The highest BCUT2D eigenvalue weighted by Gasteiger charge is 2.11. The van der Waals surface area contributed by atoms with Crippen molar-refractivity contribution in [3.05, 3.63) is 30.2 Å². The summed E-state index contributed by atoms with van der Waals surface area (Å²) in [7, 11) is 1.93. The maximum atomic E-state index is 5.65. The number of nitrogen functional groups attached to an aromatic ring is 1. The van der Waals surface area contributed by atoms with Crippen molar-refractivity contribution in [2.75, 3.05) is 5.73 Å². The molecule has 0 fully saturated rings. The van der Waals surface area contributed by atoms with Gasteiger partial charge in [-0.25, -0.2) is 4.98 Å². The maximum Gasteiger partial charge on any atom is 0.191 e. The largest absolute Gasteiger partial charge is 0.384 e. The van der Waals surface area contributed by atoms with Gasteiger partial charge in [-0.15, -0.1) is 22.6 Å². The number of aryl methyl sites for hydroxylation is 1. The summed E-state index contributed by atoms with van der Waals surface area (Å²) >= 11 is 1.64. The third-order valence-corrected chi connectivity index (χ3v) is 3.43. The molecule has 7 heteroatoms. The zero-order chi connectivity index (χ0) is 11.5. The van der Waals surface area contributed by atoms with Crippen LogP contribution in [-0.4, -0.2) is 19.7 Å². The van der Waals surface area contributed by atoms with Gasteiger partial charge in [-0.05, 0) is 24.6 Å². The first-order valence-electron chi connectivity index (χ1n) is 4.89. The Morgan fingerprint density at radius 2 is 2.24 bits per heavy atom. The molecule has 0 amide bonds. The molecule has 0 spiro atoms. The zero-order valence-corrected chi connectivity index (χ0v) is 11.2. The molecule has 92 valence electrons. The molecule has 0 saturated carbocycles. The third kappa shape index (κ3) is 3.34. The summed E-state index contributed by atoms with van der Waals surface area (Å²) in [6.45, 7) is 2.11. The SMILES string of the molecule is CC(Sc1nncn1C)c1ccnc(N)c1.Cl. The van der Waals surface area contributed by atoms with Gasteiger partial charge in [0.15, 0.2) is 5.16 Å². The van der Waals surface area contributed by atoms with Gasteiger partial charge in [-0.1, -0.05) is 11.8 Å². The van der Waals surface area contributed by atoms with Crippen LogP contribution in [0.5, 0.6) is 0 Å². The van der Waals surface area contributed by atoms with E-state index in [0.29, 0.717) is 5.82 Å². The number of anilines is 1. The molecule has 5 nitrogen and oxygen atoms in total. The highest BCUT2D eigenvalue weighted by molar-refractivity contribution is 7.99. The Morgan fingerprint density at radius 1 is 1.47 bits per heavy atom. The Hall–Kier alpha value is -1.27. The van der Waals surface area contributed by atoms with E-state index >= 15 is 0 Å². The normalized spacial score (nSPS) is 11.9. The molecule has 0 bridgehead atoms.